The Morgan fingerprint density at radius 1 is 1.48 bits per heavy atom. The summed E-state index contributed by atoms with van der Waals surface area (Å²) in [6, 6.07) is 5.74. The van der Waals surface area contributed by atoms with E-state index in [0.29, 0.717) is 0 Å². The molecular formula is C15H20BrN3O2. The largest absolute Gasteiger partial charge is 0.350 e. The number of nitrogens with zero attached hydrogens (tertiary/aromatic N) is 1. The van der Waals surface area contributed by atoms with Gasteiger partial charge in [-0.3, -0.25) is 14.9 Å². The van der Waals surface area contributed by atoms with Gasteiger partial charge in [-0.15, -0.1) is 0 Å². The van der Waals surface area contributed by atoms with Crippen molar-refractivity contribution in [2.75, 3.05) is 18.0 Å². The normalized spacial score (nSPS) is 20.4. The highest BCUT2D eigenvalue weighted by Crippen LogP contribution is 2.31. The summed E-state index contributed by atoms with van der Waals surface area (Å²) in [6.45, 7) is 6.98. The van der Waals surface area contributed by atoms with E-state index in [1.54, 1.807) is 0 Å². The smallest absolute Gasteiger partial charge is 0.249 e. The van der Waals surface area contributed by atoms with E-state index >= 15 is 0 Å². The van der Waals surface area contributed by atoms with Gasteiger partial charge in [-0.2, -0.15) is 0 Å². The van der Waals surface area contributed by atoms with Crippen LogP contribution in [0.2, 0.25) is 0 Å². The molecule has 0 radical (unpaired) electrons. The number of carbonyl (C=O) groups excluding carboxylic acids is 2. The van der Waals surface area contributed by atoms with Crippen molar-refractivity contribution in [3.8, 4) is 0 Å². The zero-order valence-corrected chi connectivity index (χ0v) is 14.0. The molecule has 0 aliphatic carbocycles. The van der Waals surface area contributed by atoms with Gasteiger partial charge >= 0.3 is 0 Å². The van der Waals surface area contributed by atoms with Gasteiger partial charge in [-0.05, 0) is 38.1 Å². The lowest BCUT2D eigenvalue weighted by Gasteiger charge is -2.36. The molecule has 2 N–H and O–H groups in total. The Labute approximate surface area is 133 Å². The number of imide groups is 1. The van der Waals surface area contributed by atoms with Crippen LogP contribution >= 0.6 is 15.9 Å². The number of carbonyl (C=O) groups is 2. The second-order valence-electron chi connectivity index (χ2n) is 5.20. The molecule has 5 nitrogen and oxygen atoms in total. The maximum absolute atomic E-state index is 11.9. The topological polar surface area (TPSA) is 61.4 Å². The van der Waals surface area contributed by atoms with Crippen LogP contribution in [0.25, 0.3) is 0 Å². The molecule has 2 amide bonds. The van der Waals surface area contributed by atoms with Crippen molar-refractivity contribution in [3.05, 3.63) is 28.2 Å². The minimum absolute atomic E-state index is 0.144. The molecule has 1 aromatic rings. The van der Waals surface area contributed by atoms with Crippen LogP contribution in [0.1, 0.15) is 32.4 Å². The Kier molecular flexibility index (Phi) is 5.00. The van der Waals surface area contributed by atoms with Gasteiger partial charge in [0.15, 0.2) is 0 Å². The lowest BCUT2D eigenvalue weighted by atomic mass is 10.0. The monoisotopic (exact) mass is 353 g/mol. The second kappa shape index (κ2) is 6.58. The fourth-order valence-electron chi connectivity index (χ4n) is 2.56. The van der Waals surface area contributed by atoms with Crippen LogP contribution < -0.4 is 15.5 Å². The lowest BCUT2D eigenvalue weighted by molar-refractivity contribution is -0.132. The lowest BCUT2D eigenvalue weighted by Crippen LogP contribution is -2.57. The van der Waals surface area contributed by atoms with Crippen LogP contribution in [0, 0.1) is 0 Å². The molecule has 21 heavy (non-hydrogen) atoms. The average Bonchev–Trinajstić information content (AvgIpc) is 2.43. The minimum Gasteiger partial charge on any atom is -0.350 e. The summed E-state index contributed by atoms with van der Waals surface area (Å²) in [7, 11) is 0. The van der Waals surface area contributed by atoms with Gasteiger partial charge < -0.3 is 10.2 Å². The van der Waals surface area contributed by atoms with Crippen molar-refractivity contribution >= 4 is 33.4 Å². The molecule has 0 spiro atoms. The Morgan fingerprint density at radius 2 is 2.19 bits per heavy atom. The third-order valence-corrected chi connectivity index (χ3v) is 4.20. The number of hydrogen-bond acceptors (Lipinski definition) is 4. The summed E-state index contributed by atoms with van der Waals surface area (Å²) < 4.78 is 0.926. The van der Waals surface area contributed by atoms with Crippen molar-refractivity contribution in [3.63, 3.8) is 0 Å². The van der Waals surface area contributed by atoms with Crippen LogP contribution in [-0.2, 0) is 9.59 Å². The third-order valence-electron chi connectivity index (χ3n) is 3.70. The van der Waals surface area contributed by atoms with Crippen molar-refractivity contribution in [1.82, 2.24) is 10.6 Å². The van der Waals surface area contributed by atoms with E-state index in [2.05, 4.69) is 40.4 Å². The van der Waals surface area contributed by atoms with Gasteiger partial charge in [0.05, 0.1) is 6.54 Å². The van der Waals surface area contributed by atoms with Crippen molar-refractivity contribution in [1.29, 1.82) is 0 Å². The number of anilines is 1. The molecule has 0 bridgehead atoms. The number of amides is 2. The number of benzene rings is 1. The SMILES string of the molecule is CCNC(C)c1ccc(Br)cc1N1CC(=O)NC(=O)C1C. The maximum atomic E-state index is 11.9. The number of halogens is 1. The summed E-state index contributed by atoms with van der Waals surface area (Å²) in [5.41, 5.74) is 1.99. The highest BCUT2D eigenvalue weighted by molar-refractivity contribution is 9.10. The zero-order valence-electron chi connectivity index (χ0n) is 12.4. The standard InChI is InChI=1S/C15H20BrN3O2/c1-4-17-9(2)12-6-5-11(16)7-13(12)19-8-14(20)18-15(21)10(19)3/h5-7,9-10,17H,4,8H2,1-3H3,(H,18,20,21). The number of hydrogen-bond donors (Lipinski definition) is 2. The molecule has 6 heteroatoms. The fourth-order valence-corrected chi connectivity index (χ4v) is 2.91. The predicted octanol–water partition coefficient (Wildman–Crippen LogP) is 1.97. The van der Waals surface area contributed by atoms with Gasteiger partial charge in [0.1, 0.15) is 6.04 Å². The molecule has 114 valence electrons. The number of nitrogens with one attached hydrogen (secondary N) is 2. The van der Waals surface area contributed by atoms with Crippen molar-refractivity contribution in [2.24, 2.45) is 0 Å². The van der Waals surface area contributed by atoms with E-state index in [9.17, 15) is 9.59 Å². The molecule has 1 fully saturated rings. The first kappa shape index (κ1) is 16.0. The van der Waals surface area contributed by atoms with E-state index in [1.165, 1.54) is 0 Å². The zero-order chi connectivity index (χ0) is 15.6. The molecule has 1 heterocycles. The maximum Gasteiger partial charge on any atom is 0.249 e. The average molecular weight is 354 g/mol. The van der Waals surface area contributed by atoms with Crippen molar-refractivity contribution in [2.45, 2.75) is 32.9 Å². The van der Waals surface area contributed by atoms with E-state index in [1.807, 2.05) is 30.0 Å². The molecular weight excluding hydrogens is 334 g/mol. The molecule has 1 aromatic carbocycles. The molecule has 1 saturated heterocycles. The Balaban J connectivity index is 2.43. The number of piperazine rings is 1. The first-order chi connectivity index (χ1) is 9.93. The second-order valence-corrected chi connectivity index (χ2v) is 6.11. The van der Waals surface area contributed by atoms with Gasteiger partial charge in [0.2, 0.25) is 11.8 Å². The van der Waals surface area contributed by atoms with Gasteiger partial charge in [0, 0.05) is 16.2 Å². The molecule has 2 atom stereocenters. The fraction of sp³-hybridized carbons (Fsp3) is 0.467. The molecule has 0 aromatic heterocycles. The quantitative estimate of drug-likeness (QED) is 0.812. The highest BCUT2D eigenvalue weighted by Gasteiger charge is 2.32. The molecule has 2 rings (SSSR count). The number of rotatable bonds is 4. The Hall–Kier alpha value is -1.40. The Morgan fingerprint density at radius 3 is 2.86 bits per heavy atom. The van der Waals surface area contributed by atoms with Crippen molar-refractivity contribution < 1.29 is 9.59 Å². The van der Waals surface area contributed by atoms with Gasteiger partial charge in [0.25, 0.3) is 0 Å². The summed E-state index contributed by atoms with van der Waals surface area (Å²) in [4.78, 5) is 25.4. The van der Waals surface area contributed by atoms with Crippen LogP contribution in [-0.4, -0.2) is 30.9 Å². The summed E-state index contributed by atoms with van der Waals surface area (Å²) in [5, 5.41) is 5.74. The molecule has 1 aliphatic rings. The summed E-state index contributed by atoms with van der Waals surface area (Å²) in [6.07, 6.45) is 0. The van der Waals surface area contributed by atoms with Crippen LogP contribution in [0.5, 0.6) is 0 Å². The highest BCUT2D eigenvalue weighted by atomic mass is 79.9. The van der Waals surface area contributed by atoms with E-state index in [-0.39, 0.29) is 30.4 Å². The molecule has 1 aliphatic heterocycles. The van der Waals surface area contributed by atoms with Gasteiger partial charge in [-0.1, -0.05) is 28.9 Å². The third kappa shape index (κ3) is 3.44. The van der Waals surface area contributed by atoms with E-state index in [0.717, 1.165) is 22.3 Å². The predicted molar refractivity (Wildman–Crippen MR) is 86.2 cm³/mol. The molecule has 0 saturated carbocycles. The summed E-state index contributed by atoms with van der Waals surface area (Å²) >= 11 is 3.47. The first-order valence-electron chi connectivity index (χ1n) is 7.07. The van der Waals surface area contributed by atoms with Crippen LogP contribution in [0.15, 0.2) is 22.7 Å². The Bertz CT molecular complexity index is 562. The van der Waals surface area contributed by atoms with Gasteiger partial charge in [-0.25, -0.2) is 0 Å². The minimum atomic E-state index is -0.371. The molecule has 2 unspecified atom stereocenters. The van der Waals surface area contributed by atoms with E-state index < -0.39 is 0 Å². The summed E-state index contributed by atoms with van der Waals surface area (Å²) in [5.74, 6) is -0.520. The van der Waals surface area contributed by atoms with Crippen LogP contribution in [0.3, 0.4) is 0 Å². The first-order valence-corrected chi connectivity index (χ1v) is 7.86. The van der Waals surface area contributed by atoms with E-state index in [4.69, 9.17) is 0 Å². The van der Waals surface area contributed by atoms with Crippen LogP contribution in [0.4, 0.5) is 5.69 Å².